The summed E-state index contributed by atoms with van der Waals surface area (Å²) in [5, 5.41) is 4.71. The Balaban J connectivity index is 0.000000222. The normalized spacial score (nSPS) is 14.2. The Hall–Kier alpha value is -3.52. The van der Waals surface area contributed by atoms with Gasteiger partial charge in [0.15, 0.2) is 0 Å². The van der Waals surface area contributed by atoms with Gasteiger partial charge in [-0.15, -0.1) is 0 Å². The molecule has 1 aliphatic rings. The smallest absolute Gasteiger partial charge is 0.292 e. The Morgan fingerprint density at radius 1 is 0.892 bits per heavy atom. The van der Waals surface area contributed by atoms with Crippen LogP contribution in [0.2, 0.25) is 0 Å². The number of Topliss-reactive ketones (excluding diaryl/α,β-unsaturated/α-hetero) is 1. The highest BCUT2D eigenvalue weighted by Gasteiger charge is 2.22. The molecule has 0 bridgehead atoms. The molecule has 8 heteroatoms. The van der Waals surface area contributed by atoms with Crippen LogP contribution in [-0.2, 0) is 4.79 Å². The first kappa shape index (κ1) is 26.5. The quantitative estimate of drug-likeness (QED) is 0.283. The van der Waals surface area contributed by atoms with Crippen LogP contribution in [0.4, 0.5) is 0 Å². The highest BCUT2D eigenvalue weighted by molar-refractivity contribution is 6.44. The van der Waals surface area contributed by atoms with Gasteiger partial charge >= 0.3 is 0 Å². The van der Waals surface area contributed by atoms with Gasteiger partial charge in [0.2, 0.25) is 0 Å². The van der Waals surface area contributed by atoms with Crippen molar-refractivity contribution in [1.29, 1.82) is 0 Å². The number of hydrogen-bond donors (Lipinski definition) is 1. The molecule has 0 saturated carbocycles. The van der Waals surface area contributed by atoms with Crippen molar-refractivity contribution < 1.29 is 9.59 Å². The highest BCUT2D eigenvalue weighted by atomic mass is 16.2. The van der Waals surface area contributed by atoms with Crippen LogP contribution in [0.15, 0.2) is 55.1 Å². The van der Waals surface area contributed by atoms with Gasteiger partial charge < -0.3 is 19.4 Å². The Kier molecular flexibility index (Phi) is 8.71. The topological polar surface area (TPSA) is 85.0 Å². The molecule has 37 heavy (non-hydrogen) atoms. The van der Waals surface area contributed by atoms with Crippen molar-refractivity contribution in [3.63, 3.8) is 0 Å². The molecule has 4 aromatic rings. The van der Waals surface area contributed by atoms with Gasteiger partial charge in [-0.05, 0) is 84.0 Å². The summed E-state index contributed by atoms with van der Waals surface area (Å²) in [5.41, 5.74) is 2.24. The molecule has 8 nitrogen and oxygen atoms in total. The molecule has 1 fully saturated rings. The van der Waals surface area contributed by atoms with Crippen LogP contribution in [-0.4, -0.2) is 61.9 Å². The third kappa shape index (κ3) is 6.25. The summed E-state index contributed by atoms with van der Waals surface area (Å²) in [5.74, 6) is -1.03. The molecule has 0 radical (unpaired) electrons. The number of pyridine rings is 2. The van der Waals surface area contributed by atoms with Crippen LogP contribution in [0.1, 0.15) is 69.4 Å². The Labute approximate surface area is 218 Å². The Morgan fingerprint density at radius 3 is 2.27 bits per heavy atom. The van der Waals surface area contributed by atoms with Gasteiger partial charge in [0.25, 0.3) is 11.7 Å². The van der Waals surface area contributed by atoms with E-state index in [2.05, 4.69) is 56.9 Å². The minimum atomic E-state index is -0.538. The molecule has 0 aromatic carbocycles. The fraction of sp³-hybridized carbons (Fsp3) is 0.448. The minimum absolute atomic E-state index is 0.168. The molecule has 0 spiro atoms. The SMILES string of the molecule is CC(C)n1cc(C(=O)C(=O)NCCN2CCCCC2)c2cccnc21.CC(C)n1ccc2cccnc21. The molecular weight excluding hydrogens is 464 g/mol. The molecule has 0 atom stereocenters. The summed E-state index contributed by atoms with van der Waals surface area (Å²) in [4.78, 5) is 35.9. The summed E-state index contributed by atoms with van der Waals surface area (Å²) in [6, 6.07) is 10.4. The monoisotopic (exact) mass is 502 g/mol. The van der Waals surface area contributed by atoms with Gasteiger partial charge in [0.05, 0.1) is 5.56 Å². The van der Waals surface area contributed by atoms with E-state index < -0.39 is 11.7 Å². The molecule has 196 valence electrons. The number of piperidine rings is 1. The first-order valence-corrected chi connectivity index (χ1v) is 13.3. The van der Waals surface area contributed by atoms with E-state index in [0.717, 1.165) is 36.3 Å². The summed E-state index contributed by atoms with van der Waals surface area (Å²) >= 11 is 0. The third-order valence-electron chi connectivity index (χ3n) is 6.79. The van der Waals surface area contributed by atoms with Crippen molar-refractivity contribution in [3.05, 3.63) is 60.7 Å². The van der Waals surface area contributed by atoms with Gasteiger partial charge in [0.1, 0.15) is 11.3 Å². The number of aromatic nitrogens is 4. The average Bonchev–Trinajstić information content (AvgIpc) is 3.52. The molecule has 1 aliphatic heterocycles. The Bertz CT molecular complexity index is 1350. The molecule has 5 rings (SSSR count). The lowest BCUT2D eigenvalue weighted by Crippen LogP contribution is -2.39. The number of fused-ring (bicyclic) bond motifs is 2. The summed E-state index contributed by atoms with van der Waals surface area (Å²) in [6.45, 7) is 11.8. The van der Waals surface area contributed by atoms with Crippen molar-refractivity contribution in [2.24, 2.45) is 0 Å². The van der Waals surface area contributed by atoms with Gasteiger partial charge in [0, 0.05) is 60.7 Å². The van der Waals surface area contributed by atoms with Crippen LogP contribution < -0.4 is 5.32 Å². The lowest BCUT2D eigenvalue weighted by molar-refractivity contribution is -0.117. The number of ketones is 1. The zero-order valence-corrected chi connectivity index (χ0v) is 22.4. The molecule has 0 aliphatic carbocycles. The first-order valence-electron chi connectivity index (χ1n) is 13.3. The van der Waals surface area contributed by atoms with E-state index in [1.54, 1.807) is 18.5 Å². The molecule has 4 aromatic heterocycles. The second kappa shape index (κ2) is 12.1. The van der Waals surface area contributed by atoms with E-state index in [9.17, 15) is 9.59 Å². The van der Waals surface area contributed by atoms with E-state index in [1.807, 2.05) is 36.7 Å². The standard InChI is InChI=1S/C19H26N4O2.C10H12N2/c1-14(2)23-13-16(15-7-6-8-20-18(15)23)17(24)19(25)21-9-12-22-10-4-3-5-11-22;1-8(2)12-7-5-9-4-3-6-11-10(9)12/h6-8,13-14H,3-5,9-12H2,1-2H3,(H,21,25);3-8H,1-2H3. The van der Waals surface area contributed by atoms with Crippen molar-refractivity contribution in [3.8, 4) is 0 Å². The predicted octanol–water partition coefficient (Wildman–Crippen LogP) is 5.02. The van der Waals surface area contributed by atoms with Crippen LogP contribution in [0.5, 0.6) is 0 Å². The number of hydrogen-bond acceptors (Lipinski definition) is 5. The zero-order chi connectivity index (χ0) is 26.4. The molecule has 5 heterocycles. The maximum atomic E-state index is 12.6. The number of nitrogens with one attached hydrogen (secondary N) is 1. The summed E-state index contributed by atoms with van der Waals surface area (Å²) < 4.78 is 4.11. The van der Waals surface area contributed by atoms with Crippen molar-refractivity contribution in [1.82, 2.24) is 29.3 Å². The molecule has 1 saturated heterocycles. The second-order valence-corrected chi connectivity index (χ2v) is 10.1. The number of amides is 1. The van der Waals surface area contributed by atoms with E-state index >= 15 is 0 Å². The van der Waals surface area contributed by atoms with E-state index in [-0.39, 0.29) is 6.04 Å². The van der Waals surface area contributed by atoms with E-state index in [1.165, 1.54) is 24.6 Å². The number of carbonyl (C=O) groups excluding carboxylic acids is 2. The van der Waals surface area contributed by atoms with Crippen LogP contribution in [0, 0.1) is 0 Å². The van der Waals surface area contributed by atoms with Crippen molar-refractivity contribution in [2.45, 2.75) is 59.0 Å². The summed E-state index contributed by atoms with van der Waals surface area (Å²) in [6.07, 6.45) is 11.1. The third-order valence-corrected chi connectivity index (χ3v) is 6.79. The number of nitrogens with zero attached hydrogens (tertiary/aromatic N) is 5. The fourth-order valence-electron chi connectivity index (χ4n) is 4.77. The van der Waals surface area contributed by atoms with Crippen LogP contribution in [0.25, 0.3) is 22.1 Å². The fourth-order valence-corrected chi connectivity index (χ4v) is 4.77. The van der Waals surface area contributed by atoms with Gasteiger partial charge in [-0.1, -0.05) is 6.42 Å². The maximum absolute atomic E-state index is 12.6. The number of likely N-dealkylation sites (tertiary alicyclic amines) is 1. The summed E-state index contributed by atoms with van der Waals surface area (Å²) in [7, 11) is 0. The van der Waals surface area contributed by atoms with Crippen molar-refractivity contribution in [2.75, 3.05) is 26.2 Å². The molecule has 1 N–H and O–H groups in total. The highest BCUT2D eigenvalue weighted by Crippen LogP contribution is 2.23. The minimum Gasteiger partial charge on any atom is -0.348 e. The van der Waals surface area contributed by atoms with E-state index in [0.29, 0.717) is 18.2 Å². The lowest BCUT2D eigenvalue weighted by Gasteiger charge is -2.26. The second-order valence-electron chi connectivity index (χ2n) is 10.1. The van der Waals surface area contributed by atoms with Gasteiger partial charge in [-0.25, -0.2) is 9.97 Å². The van der Waals surface area contributed by atoms with Gasteiger partial charge in [-0.2, -0.15) is 0 Å². The first-order chi connectivity index (χ1) is 17.9. The number of carbonyl (C=O) groups is 2. The molecule has 0 unspecified atom stereocenters. The molecular formula is C29H38N6O2. The van der Waals surface area contributed by atoms with E-state index in [4.69, 9.17) is 0 Å². The maximum Gasteiger partial charge on any atom is 0.292 e. The zero-order valence-electron chi connectivity index (χ0n) is 22.4. The number of rotatable bonds is 7. The largest absolute Gasteiger partial charge is 0.348 e. The van der Waals surface area contributed by atoms with Crippen LogP contribution >= 0.6 is 0 Å². The van der Waals surface area contributed by atoms with Crippen molar-refractivity contribution >= 4 is 33.8 Å². The molecule has 1 amide bonds. The average molecular weight is 503 g/mol. The van der Waals surface area contributed by atoms with Crippen LogP contribution in [0.3, 0.4) is 0 Å². The Morgan fingerprint density at radius 2 is 1.57 bits per heavy atom. The predicted molar refractivity (Wildman–Crippen MR) is 148 cm³/mol. The lowest BCUT2D eigenvalue weighted by atomic mass is 10.1. The van der Waals surface area contributed by atoms with Gasteiger partial charge in [-0.3, -0.25) is 9.59 Å².